The second-order valence-corrected chi connectivity index (χ2v) is 2.21. The summed E-state index contributed by atoms with van der Waals surface area (Å²) in [6, 6.07) is 1.76. The topological polar surface area (TPSA) is 79.3 Å². The smallest absolute Gasteiger partial charge is 0.207 e. The van der Waals surface area contributed by atoms with E-state index in [1.54, 1.807) is 13.0 Å². The van der Waals surface area contributed by atoms with E-state index in [1.165, 1.54) is 6.08 Å². The lowest BCUT2D eigenvalue weighted by atomic mass is 10.1. The number of rotatable bonds is 0. The lowest BCUT2D eigenvalue weighted by Crippen LogP contribution is -2.19. The Morgan fingerprint density at radius 2 is 2.45 bits per heavy atom. The third-order valence-corrected chi connectivity index (χ3v) is 1.35. The molecule has 0 aliphatic carbocycles. The molecule has 0 saturated heterocycles. The van der Waals surface area contributed by atoms with E-state index in [-0.39, 0.29) is 11.5 Å². The Kier molecular flexibility index (Phi) is 1.83. The third kappa shape index (κ3) is 1.33. The second kappa shape index (κ2) is 2.64. The van der Waals surface area contributed by atoms with Crippen LogP contribution >= 0.6 is 0 Å². The molecule has 1 aliphatic heterocycles. The lowest BCUT2D eigenvalue weighted by Gasteiger charge is -2.16. The minimum atomic E-state index is -0.922. The van der Waals surface area contributed by atoms with Crippen molar-refractivity contribution in [3.8, 4) is 6.07 Å². The van der Waals surface area contributed by atoms with E-state index >= 15 is 0 Å². The number of nitrogens with two attached hydrogens (primary N) is 1. The zero-order valence-corrected chi connectivity index (χ0v) is 6.03. The maximum Gasteiger partial charge on any atom is 0.207 e. The number of hydrogen-bond donors (Lipinski definition) is 2. The molecule has 1 heterocycles. The fourth-order valence-corrected chi connectivity index (χ4v) is 0.835. The Morgan fingerprint density at radius 3 is 2.91 bits per heavy atom. The minimum absolute atomic E-state index is 0.0139. The predicted molar refractivity (Wildman–Crippen MR) is 37.7 cm³/mol. The summed E-state index contributed by atoms with van der Waals surface area (Å²) in [7, 11) is 0. The largest absolute Gasteiger partial charge is 0.445 e. The van der Waals surface area contributed by atoms with Gasteiger partial charge in [-0.25, -0.2) is 0 Å². The molecule has 0 amide bonds. The van der Waals surface area contributed by atoms with Crippen molar-refractivity contribution in [2.24, 2.45) is 5.73 Å². The van der Waals surface area contributed by atoms with E-state index in [0.717, 1.165) is 0 Å². The molecule has 0 bridgehead atoms. The van der Waals surface area contributed by atoms with Crippen molar-refractivity contribution in [2.75, 3.05) is 0 Å². The molecule has 4 heteroatoms. The highest BCUT2D eigenvalue weighted by Crippen LogP contribution is 2.17. The van der Waals surface area contributed by atoms with Gasteiger partial charge in [-0.2, -0.15) is 5.26 Å². The molecule has 4 nitrogen and oxygen atoms in total. The number of ether oxygens (including phenoxy) is 1. The number of aliphatic hydroxyl groups excluding tert-OH is 1. The first-order valence-corrected chi connectivity index (χ1v) is 3.09. The van der Waals surface area contributed by atoms with Crippen LogP contribution in [0.4, 0.5) is 0 Å². The van der Waals surface area contributed by atoms with E-state index in [4.69, 9.17) is 15.7 Å². The Hall–Kier alpha value is -1.47. The van der Waals surface area contributed by atoms with Gasteiger partial charge < -0.3 is 15.6 Å². The average molecular weight is 152 g/mol. The van der Waals surface area contributed by atoms with Crippen molar-refractivity contribution in [1.29, 1.82) is 5.26 Å². The summed E-state index contributed by atoms with van der Waals surface area (Å²) in [5.74, 6) is 0.494. The molecule has 0 aromatic carbocycles. The van der Waals surface area contributed by atoms with Crippen LogP contribution in [0.25, 0.3) is 0 Å². The van der Waals surface area contributed by atoms with Gasteiger partial charge in [0.05, 0.1) is 0 Å². The summed E-state index contributed by atoms with van der Waals surface area (Å²) in [6.45, 7) is 1.66. The molecular formula is C7H8N2O2. The molecule has 58 valence electrons. The molecule has 1 rings (SSSR count). The molecule has 0 aromatic heterocycles. The Bertz CT molecular complexity index is 273. The van der Waals surface area contributed by atoms with Crippen LogP contribution in [0, 0.1) is 11.3 Å². The summed E-state index contributed by atoms with van der Waals surface area (Å²) < 4.78 is 4.90. The van der Waals surface area contributed by atoms with Gasteiger partial charge in [-0.05, 0) is 13.0 Å². The number of aliphatic hydroxyl groups is 1. The predicted octanol–water partition coefficient (Wildman–Crippen LogP) is -0.0248. The van der Waals surface area contributed by atoms with Crippen LogP contribution < -0.4 is 5.73 Å². The van der Waals surface area contributed by atoms with E-state index in [0.29, 0.717) is 5.76 Å². The van der Waals surface area contributed by atoms with Gasteiger partial charge in [0, 0.05) is 0 Å². The van der Waals surface area contributed by atoms with Crippen molar-refractivity contribution in [1.82, 2.24) is 0 Å². The number of hydrogen-bond acceptors (Lipinski definition) is 4. The van der Waals surface area contributed by atoms with E-state index < -0.39 is 6.10 Å². The molecule has 0 aromatic rings. The average Bonchev–Trinajstić information content (AvgIpc) is 1.85. The monoisotopic (exact) mass is 152 g/mol. The van der Waals surface area contributed by atoms with Gasteiger partial charge in [0.25, 0.3) is 0 Å². The first-order chi connectivity index (χ1) is 5.15. The minimum Gasteiger partial charge on any atom is -0.445 e. The molecular weight excluding hydrogens is 144 g/mol. The third-order valence-electron chi connectivity index (χ3n) is 1.35. The van der Waals surface area contributed by atoms with Gasteiger partial charge in [0.2, 0.25) is 5.88 Å². The SMILES string of the molecule is CC1=CC(O)C(C#N)=C(N)O1. The van der Waals surface area contributed by atoms with E-state index in [2.05, 4.69) is 0 Å². The molecule has 1 aliphatic rings. The van der Waals surface area contributed by atoms with Gasteiger partial charge in [0.1, 0.15) is 23.5 Å². The van der Waals surface area contributed by atoms with E-state index in [9.17, 15) is 5.11 Å². The van der Waals surface area contributed by atoms with Crippen molar-refractivity contribution < 1.29 is 9.84 Å². The fraction of sp³-hybridized carbons (Fsp3) is 0.286. The van der Waals surface area contributed by atoms with Gasteiger partial charge in [-0.15, -0.1) is 0 Å². The summed E-state index contributed by atoms with van der Waals surface area (Å²) >= 11 is 0. The molecule has 0 saturated carbocycles. The molecule has 0 spiro atoms. The van der Waals surface area contributed by atoms with Crippen LogP contribution in [-0.2, 0) is 4.74 Å². The highest BCUT2D eigenvalue weighted by molar-refractivity contribution is 5.34. The highest BCUT2D eigenvalue weighted by Gasteiger charge is 2.18. The highest BCUT2D eigenvalue weighted by atomic mass is 16.5. The van der Waals surface area contributed by atoms with Crippen LogP contribution in [-0.4, -0.2) is 11.2 Å². The van der Waals surface area contributed by atoms with Crippen molar-refractivity contribution in [3.63, 3.8) is 0 Å². The molecule has 1 atom stereocenters. The molecule has 0 fully saturated rings. The van der Waals surface area contributed by atoms with Gasteiger partial charge in [-0.3, -0.25) is 0 Å². The molecule has 11 heavy (non-hydrogen) atoms. The van der Waals surface area contributed by atoms with E-state index in [1.807, 2.05) is 0 Å². The van der Waals surface area contributed by atoms with Crippen LogP contribution in [0.5, 0.6) is 0 Å². The first kappa shape index (κ1) is 7.63. The van der Waals surface area contributed by atoms with Crippen molar-refractivity contribution in [2.45, 2.75) is 13.0 Å². The summed E-state index contributed by atoms with van der Waals surface area (Å²) in [6.07, 6.45) is 0.503. The summed E-state index contributed by atoms with van der Waals surface area (Å²) in [5, 5.41) is 17.7. The Labute approximate surface area is 64.2 Å². The maximum atomic E-state index is 9.19. The van der Waals surface area contributed by atoms with Crippen LogP contribution in [0.3, 0.4) is 0 Å². The Morgan fingerprint density at radius 1 is 1.82 bits per heavy atom. The van der Waals surface area contributed by atoms with Gasteiger partial charge >= 0.3 is 0 Å². The summed E-state index contributed by atoms with van der Waals surface area (Å²) in [4.78, 5) is 0. The Balaban J connectivity index is 2.96. The standard InChI is InChI=1S/C7H8N2O2/c1-4-2-6(10)5(3-8)7(9)11-4/h2,6,10H,9H2,1H3. The van der Waals surface area contributed by atoms with Crippen molar-refractivity contribution in [3.05, 3.63) is 23.3 Å². The fourth-order valence-electron chi connectivity index (χ4n) is 0.835. The first-order valence-electron chi connectivity index (χ1n) is 3.09. The number of allylic oxidation sites excluding steroid dienone is 1. The number of nitriles is 1. The van der Waals surface area contributed by atoms with Crippen LogP contribution in [0.1, 0.15) is 6.92 Å². The maximum absolute atomic E-state index is 9.19. The summed E-state index contributed by atoms with van der Waals surface area (Å²) in [5.41, 5.74) is 5.37. The number of nitrogens with zero attached hydrogens (tertiary/aromatic N) is 1. The second-order valence-electron chi connectivity index (χ2n) is 2.21. The van der Waals surface area contributed by atoms with Crippen molar-refractivity contribution >= 4 is 0 Å². The normalized spacial score (nSPS) is 23.7. The van der Waals surface area contributed by atoms with Gasteiger partial charge in [0.15, 0.2) is 0 Å². The van der Waals surface area contributed by atoms with Crippen LogP contribution in [0.15, 0.2) is 23.3 Å². The molecule has 0 radical (unpaired) electrons. The van der Waals surface area contributed by atoms with Crippen LogP contribution in [0.2, 0.25) is 0 Å². The lowest BCUT2D eigenvalue weighted by molar-refractivity contribution is 0.212. The van der Waals surface area contributed by atoms with Gasteiger partial charge in [-0.1, -0.05) is 0 Å². The zero-order chi connectivity index (χ0) is 8.43. The zero-order valence-electron chi connectivity index (χ0n) is 6.03. The molecule has 3 N–H and O–H groups in total. The molecule has 1 unspecified atom stereocenters. The quantitative estimate of drug-likeness (QED) is 0.511.